The molecule has 0 saturated heterocycles. The Balaban J connectivity index is 2.66. The van der Waals surface area contributed by atoms with Crippen LogP contribution in [-0.2, 0) is 4.79 Å². The molecule has 6 heteroatoms. The summed E-state index contributed by atoms with van der Waals surface area (Å²) in [4.78, 5) is 11.4. The van der Waals surface area contributed by atoms with E-state index in [4.69, 9.17) is 16.9 Å². The maximum atomic E-state index is 12.6. The molecule has 0 radical (unpaired) electrons. The minimum Gasteiger partial charge on any atom is -0.360 e. The van der Waals surface area contributed by atoms with Crippen LogP contribution >= 0.6 is 11.6 Å². The molecule has 4 nitrogen and oxygen atoms in total. The fourth-order valence-electron chi connectivity index (χ4n) is 1.11. The van der Waals surface area contributed by atoms with Crippen LogP contribution in [0, 0.1) is 17.1 Å². The summed E-state index contributed by atoms with van der Waals surface area (Å²) in [5.74, 6) is -0.590. The zero-order valence-electron chi connectivity index (χ0n) is 9.41. The molecule has 0 atom stereocenters. The number of rotatable bonds is 5. The lowest BCUT2D eigenvalue weighted by Gasteiger charge is -2.03. The van der Waals surface area contributed by atoms with E-state index in [9.17, 15) is 9.18 Å². The molecule has 0 aliphatic rings. The van der Waals surface area contributed by atoms with Gasteiger partial charge in [-0.1, -0.05) is 0 Å². The summed E-state index contributed by atoms with van der Waals surface area (Å²) in [6.45, 7) is 0.288. The van der Waals surface area contributed by atoms with Crippen LogP contribution in [0.4, 0.5) is 10.1 Å². The lowest BCUT2D eigenvalue weighted by atomic mass is 10.2. The van der Waals surface area contributed by atoms with Crippen molar-refractivity contribution in [2.75, 3.05) is 17.7 Å². The molecule has 0 fully saturated rings. The molecule has 0 unspecified atom stereocenters. The Labute approximate surface area is 109 Å². The second-order valence-electron chi connectivity index (χ2n) is 3.27. The maximum Gasteiger partial charge on any atom is 0.263 e. The van der Waals surface area contributed by atoms with E-state index in [0.29, 0.717) is 5.69 Å². The average molecular weight is 268 g/mol. The summed E-state index contributed by atoms with van der Waals surface area (Å²) in [7, 11) is 0. The van der Waals surface area contributed by atoms with Crippen molar-refractivity contribution in [2.45, 2.75) is 0 Å². The first-order valence-corrected chi connectivity index (χ1v) is 5.67. The van der Waals surface area contributed by atoms with Crippen molar-refractivity contribution >= 4 is 23.2 Å². The van der Waals surface area contributed by atoms with E-state index < -0.39 is 5.91 Å². The van der Waals surface area contributed by atoms with Crippen molar-refractivity contribution in [3.05, 3.63) is 41.9 Å². The topological polar surface area (TPSA) is 64.9 Å². The Morgan fingerprint density at radius 2 is 2.11 bits per heavy atom. The van der Waals surface area contributed by atoms with E-state index in [2.05, 4.69) is 10.6 Å². The molecule has 0 heterocycles. The Kier molecular flexibility index (Phi) is 5.68. The lowest BCUT2D eigenvalue weighted by molar-refractivity contribution is -0.117. The van der Waals surface area contributed by atoms with E-state index in [1.807, 2.05) is 0 Å². The molecule has 0 bridgehead atoms. The SMILES string of the molecule is N#C/C(=C/Nc1ccc(F)cc1)C(=O)NCCCl. The number of alkyl halides is 1. The highest BCUT2D eigenvalue weighted by Crippen LogP contribution is 2.08. The second-order valence-corrected chi connectivity index (χ2v) is 3.64. The molecule has 0 aliphatic heterocycles. The van der Waals surface area contributed by atoms with Crippen molar-refractivity contribution in [2.24, 2.45) is 0 Å². The van der Waals surface area contributed by atoms with E-state index in [0.717, 1.165) is 0 Å². The molecule has 94 valence electrons. The summed E-state index contributed by atoms with van der Waals surface area (Å²) >= 11 is 5.41. The highest BCUT2D eigenvalue weighted by atomic mass is 35.5. The van der Waals surface area contributed by atoms with E-state index in [1.165, 1.54) is 30.5 Å². The number of carbonyl (C=O) groups excluding carboxylic acids is 1. The van der Waals surface area contributed by atoms with E-state index in [-0.39, 0.29) is 23.8 Å². The number of amides is 1. The summed E-state index contributed by atoms with van der Waals surface area (Å²) in [5, 5.41) is 14.0. The molecule has 2 N–H and O–H groups in total. The molecule has 0 spiro atoms. The van der Waals surface area contributed by atoms with Crippen molar-refractivity contribution < 1.29 is 9.18 Å². The Bertz CT molecular complexity index is 479. The number of nitriles is 1. The summed E-state index contributed by atoms with van der Waals surface area (Å²) in [6, 6.07) is 7.30. The van der Waals surface area contributed by atoms with Gasteiger partial charge in [0.1, 0.15) is 17.5 Å². The van der Waals surface area contributed by atoms with Crippen molar-refractivity contribution in [1.29, 1.82) is 5.26 Å². The van der Waals surface area contributed by atoms with Crippen LogP contribution in [0.3, 0.4) is 0 Å². The number of nitrogens with zero attached hydrogens (tertiary/aromatic N) is 1. The molecule has 0 saturated carbocycles. The largest absolute Gasteiger partial charge is 0.360 e. The first kappa shape index (κ1) is 14.0. The summed E-state index contributed by atoms with van der Waals surface area (Å²) in [5.41, 5.74) is 0.499. The molecular weight excluding hydrogens is 257 g/mol. The van der Waals surface area contributed by atoms with Gasteiger partial charge in [0.05, 0.1) is 0 Å². The van der Waals surface area contributed by atoms with Gasteiger partial charge in [0.25, 0.3) is 5.91 Å². The van der Waals surface area contributed by atoms with Crippen molar-refractivity contribution in [1.82, 2.24) is 5.32 Å². The van der Waals surface area contributed by atoms with Gasteiger partial charge >= 0.3 is 0 Å². The number of hydrogen-bond acceptors (Lipinski definition) is 3. The Hall–Kier alpha value is -2.06. The fraction of sp³-hybridized carbons (Fsp3) is 0.167. The molecule has 0 aliphatic carbocycles. The normalized spacial score (nSPS) is 10.6. The predicted molar refractivity (Wildman–Crippen MR) is 67.4 cm³/mol. The number of nitrogens with one attached hydrogen (secondary N) is 2. The van der Waals surface area contributed by atoms with Crippen LogP contribution in [-0.4, -0.2) is 18.3 Å². The highest BCUT2D eigenvalue weighted by molar-refractivity contribution is 6.18. The average Bonchev–Trinajstić information content (AvgIpc) is 2.39. The van der Waals surface area contributed by atoms with Crippen molar-refractivity contribution in [3.8, 4) is 6.07 Å². The van der Waals surface area contributed by atoms with Crippen LogP contribution in [0.25, 0.3) is 0 Å². The third kappa shape index (κ3) is 4.44. The third-order valence-electron chi connectivity index (χ3n) is 1.97. The number of carbonyl (C=O) groups is 1. The zero-order valence-corrected chi connectivity index (χ0v) is 10.2. The van der Waals surface area contributed by atoms with Crippen LogP contribution in [0.2, 0.25) is 0 Å². The third-order valence-corrected chi connectivity index (χ3v) is 2.16. The van der Waals surface area contributed by atoms with Crippen LogP contribution < -0.4 is 10.6 Å². The van der Waals surface area contributed by atoms with Gasteiger partial charge in [-0.15, -0.1) is 11.6 Å². The van der Waals surface area contributed by atoms with Gasteiger partial charge in [0.2, 0.25) is 0 Å². The smallest absolute Gasteiger partial charge is 0.263 e. The lowest BCUT2D eigenvalue weighted by Crippen LogP contribution is -2.26. The molecule has 1 rings (SSSR count). The van der Waals surface area contributed by atoms with Crippen LogP contribution in [0.5, 0.6) is 0 Å². The molecule has 18 heavy (non-hydrogen) atoms. The molecular formula is C12H11ClFN3O. The Morgan fingerprint density at radius 1 is 1.44 bits per heavy atom. The molecule has 1 aromatic carbocycles. The second kappa shape index (κ2) is 7.30. The van der Waals surface area contributed by atoms with Gasteiger partial charge in [-0.2, -0.15) is 5.26 Å². The monoisotopic (exact) mass is 267 g/mol. The summed E-state index contributed by atoms with van der Waals surface area (Å²) < 4.78 is 12.6. The minimum atomic E-state index is -0.507. The maximum absolute atomic E-state index is 12.6. The van der Waals surface area contributed by atoms with Crippen LogP contribution in [0.15, 0.2) is 36.0 Å². The van der Waals surface area contributed by atoms with Crippen LogP contribution in [0.1, 0.15) is 0 Å². The number of benzene rings is 1. The number of halogens is 2. The zero-order chi connectivity index (χ0) is 13.4. The van der Waals surface area contributed by atoms with Gasteiger partial charge in [-0.25, -0.2) is 4.39 Å². The number of hydrogen-bond donors (Lipinski definition) is 2. The first-order chi connectivity index (χ1) is 8.67. The predicted octanol–water partition coefficient (Wildman–Crippen LogP) is 2.00. The standard InChI is InChI=1S/C12H11ClFN3O/c13-5-6-16-12(18)9(7-15)8-17-11-3-1-10(14)2-4-11/h1-4,8,17H,5-6H2,(H,16,18)/b9-8-. The van der Waals surface area contributed by atoms with Gasteiger partial charge in [-0.3, -0.25) is 4.79 Å². The van der Waals surface area contributed by atoms with Gasteiger partial charge < -0.3 is 10.6 Å². The van der Waals surface area contributed by atoms with Gasteiger partial charge in [0, 0.05) is 24.3 Å². The molecule has 1 amide bonds. The minimum absolute atomic E-state index is 0.0792. The van der Waals surface area contributed by atoms with Gasteiger partial charge in [-0.05, 0) is 24.3 Å². The highest BCUT2D eigenvalue weighted by Gasteiger charge is 2.07. The summed E-state index contributed by atoms with van der Waals surface area (Å²) in [6.07, 6.45) is 1.26. The van der Waals surface area contributed by atoms with E-state index in [1.54, 1.807) is 6.07 Å². The molecule has 0 aromatic heterocycles. The quantitative estimate of drug-likeness (QED) is 0.487. The molecule has 1 aromatic rings. The van der Waals surface area contributed by atoms with Crippen molar-refractivity contribution in [3.63, 3.8) is 0 Å². The first-order valence-electron chi connectivity index (χ1n) is 5.14. The fourth-order valence-corrected chi connectivity index (χ4v) is 1.20. The number of anilines is 1. The Morgan fingerprint density at radius 3 is 2.67 bits per heavy atom. The van der Waals surface area contributed by atoms with E-state index >= 15 is 0 Å². The van der Waals surface area contributed by atoms with Gasteiger partial charge in [0.15, 0.2) is 0 Å².